The fourth-order valence-corrected chi connectivity index (χ4v) is 4.56. The number of thiophene rings is 1. The van der Waals surface area contributed by atoms with Gasteiger partial charge in [-0.2, -0.15) is 0 Å². The zero-order chi connectivity index (χ0) is 19.4. The highest BCUT2D eigenvalue weighted by atomic mass is 32.2. The van der Waals surface area contributed by atoms with Crippen LogP contribution in [0.5, 0.6) is 0 Å². The summed E-state index contributed by atoms with van der Waals surface area (Å²) in [4.78, 5) is 13.7. The Hall–Kier alpha value is -2.12. The van der Waals surface area contributed by atoms with Crippen LogP contribution in [0.1, 0.15) is 29.3 Å². The van der Waals surface area contributed by atoms with Gasteiger partial charge in [-0.3, -0.25) is 4.79 Å². The number of anilines is 1. The Labute approximate surface area is 168 Å². The first-order valence-electron chi connectivity index (χ1n) is 8.95. The Morgan fingerprint density at radius 3 is 2.70 bits per heavy atom. The molecule has 0 saturated heterocycles. The molecule has 0 atom stereocenters. The first-order chi connectivity index (χ1) is 13.0. The third-order valence-electron chi connectivity index (χ3n) is 4.32. The van der Waals surface area contributed by atoms with Crippen LogP contribution < -0.4 is 5.32 Å². The minimum Gasteiger partial charge on any atom is -0.325 e. The van der Waals surface area contributed by atoms with E-state index in [-0.39, 0.29) is 5.91 Å². The van der Waals surface area contributed by atoms with Gasteiger partial charge in [0.2, 0.25) is 5.91 Å². The van der Waals surface area contributed by atoms with E-state index >= 15 is 0 Å². The van der Waals surface area contributed by atoms with Crippen LogP contribution in [-0.4, -0.2) is 26.4 Å². The lowest BCUT2D eigenvalue weighted by molar-refractivity contribution is -0.113. The predicted octanol–water partition coefficient (Wildman–Crippen LogP) is 4.84. The molecule has 0 spiro atoms. The lowest BCUT2D eigenvalue weighted by Crippen LogP contribution is -2.16. The lowest BCUT2D eigenvalue weighted by atomic mass is 10.1. The summed E-state index contributed by atoms with van der Waals surface area (Å²) < 4.78 is 1.95. The number of aromatic nitrogens is 3. The third kappa shape index (κ3) is 4.59. The largest absolute Gasteiger partial charge is 0.325 e. The van der Waals surface area contributed by atoms with Gasteiger partial charge in [0.15, 0.2) is 11.0 Å². The maximum atomic E-state index is 12.4. The molecule has 2 heterocycles. The van der Waals surface area contributed by atoms with Gasteiger partial charge in [-0.05, 0) is 37.5 Å². The van der Waals surface area contributed by atoms with Crippen LogP contribution in [0.15, 0.2) is 34.8 Å². The molecule has 7 heteroatoms. The first kappa shape index (κ1) is 19.6. The molecule has 0 fully saturated rings. The average Bonchev–Trinajstić information content (AvgIpc) is 3.23. The molecule has 3 aromatic rings. The fraction of sp³-hybridized carbons (Fsp3) is 0.350. The number of nitrogens with one attached hydrogen (secondary N) is 1. The molecule has 2 aromatic heterocycles. The second kappa shape index (κ2) is 8.71. The van der Waals surface area contributed by atoms with Crippen LogP contribution in [0.3, 0.4) is 0 Å². The van der Waals surface area contributed by atoms with E-state index < -0.39 is 0 Å². The first-order valence-corrected chi connectivity index (χ1v) is 10.8. The molecule has 1 N–H and O–H groups in total. The van der Waals surface area contributed by atoms with E-state index in [2.05, 4.69) is 33.9 Å². The average molecular weight is 401 g/mol. The van der Waals surface area contributed by atoms with E-state index in [4.69, 9.17) is 0 Å². The molecule has 3 rings (SSSR count). The molecule has 0 unspecified atom stereocenters. The van der Waals surface area contributed by atoms with Crippen molar-refractivity contribution in [3.05, 3.63) is 45.6 Å². The second-order valence-corrected chi connectivity index (χ2v) is 8.46. The fourth-order valence-electron chi connectivity index (χ4n) is 2.88. The Kier molecular flexibility index (Phi) is 6.34. The minimum atomic E-state index is -0.0392. The van der Waals surface area contributed by atoms with E-state index in [9.17, 15) is 4.79 Å². The molecule has 0 aliphatic rings. The van der Waals surface area contributed by atoms with E-state index in [1.807, 2.05) is 43.7 Å². The van der Waals surface area contributed by atoms with Crippen LogP contribution in [0.2, 0.25) is 0 Å². The van der Waals surface area contributed by atoms with Crippen LogP contribution in [-0.2, 0) is 18.3 Å². The van der Waals surface area contributed by atoms with E-state index in [0.717, 1.165) is 46.2 Å². The molecule has 0 radical (unpaired) electrons. The number of amides is 1. The van der Waals surface area contributed by atoms with Crippen LogP contribution in [0.4, 0.5) is 5.69 Å². The highest BCUT2D eigenvalue weighted by Gasteiger charge is 2.15. The molecule has 0 saturated carbocycles. The molecule has 0 aliphatic carbocycles. The van der Waals surface area contributed by atoms with Crippen molar-refractivity contribution < 1.29 is 4.79 Å². The number of aryl methyl sites for hydroxylation is 3. The van der Waals surface area contributed by atoms with Gasteiger partial charge in [0.05, 0.1) is 5.75 Å². The van der Waals surface area contributed by atoms with Crippen molar-refractivity contribution in [2.75, 3.05) is 11.1 Å². The smallest absolute Gasteiger partial charge is 0.234 e. The molecule has 0 aliphatic heterocycles. The Bertz CT molecular complexity index is 925. The van der Waals surface area contributed by atoms with Crippen LogP contribution in [0.25, 0.3) is 11.4 Å². The summed E-state index contributed by atoms with van der Waals surface area (Å²) >= 11 is 3.16. The summed E-state index contributed by atoms with van der Waals surface area (Å²) in [6.45, 7) is 6.18. The zero-order valence-corrected chi connectivity index (χ0v) is 17.7. The molecule has 0 bridgehead atoms. The van der Waals surface area contributed by atoms with E-state index in [0.29, 0.717) is 5.75 Å². The number of para-hydroxylation sites is 1. The normalized spacial score (nSPS) is 11.0. The molecule has 5 nitrogen and oxygen atoms in total. The summed E-state index contributed by atoms with van der Waals surface area (Å²) in [6, 6.07) is 8.17. The number of thioether (sulfide) groups is 1. The van der Waals surface area contributed by atoms with Gasteiger partial charge in [0, 0.05) is 28.6 Å². The summed E-state index contributed by atoms with van der Waals surface area (Å²) in [5, 5.41) is 14.4. The standard InChI is InChI=1S/C20H24N4OS2/c1-5-7-16-10-15(11-26-16)19-22-23-20(24(19)4)27-12-17(25)21-18-13(2)8-6-9-14(18)3/h6,8-11H,5,7,12H2,1-4H3,(H,21,25). The maximum Gasteiger partial charge on any atom is 0.234 e. The molecular weight excluding hydrogens is 376 g/mol. The number of benzene rings is 1. The number of rotatable bonds is 7. The predicted molar refractivity (Wildman–Crippen MR) is 114 cm³/mol. The van der Waals surface area contributed by atoms with Gasteiger partial charge >= 0.3 is 0 Å². The monoisotopic (exact) mass is 400 g/mol. The summed E-state index contributed by atoms with van der Waals surface area (Å²) in [6.07, 6.45) is 2.22. The second-order valence-electron chi connectivity index (χ2n) is 6.52. The number of carbonyl (C=O) groups is 1. The Balaban J connectivity index is 1.64. The van der Waals surface area contributed by atoms with Gasteiger partial charge in [-0.25, -0.2) is 0 Å². The van der Waals surface area contributed by atoms with Crippen molar-refractivity contribution >= 4 is 34.7 Å². The minimum absolute atomic E-state index is 0.0392. The third-order valence-corrected chi connectivity index (χ3v) is 6.34. The lowest BCUT2D eigenvalue weighted by Gasteiger charge is -2.11. The van der Waals surface area contributed by atoms with Gasteiger partial charge < -0.3 is 9.88 Å². The summed E-state index contributed by atoms with van der Waals surface area (Å²) in [5.41, 5.74) is 4.11. The molecule has 27 heavy (non-hydrogen) atoms. The van der Waals surface area contributed by atoms with Crippen molar-refractivity contribution in [1.29, 1.82) is 0 Å². The molecular formula is C20H24N4OS2. The Morgan fingerprint density at radius 2 is 2.00 bits per heavy atom. The molecule has 142 valence electrons. The summed E-state index contributed by atoms with van der Waals surface area (Å²) in [5.74, 6) is 1.10. The molecule has 1 amide bonds. The topological polar surface area (TPSA) is 59.8 Å². The van der Waals surface area contributed by atoms with Gasteiger partial charge in [0.1, 0.15) is 0 Å². The highest BCUT2D eigenvalue weighted by Crippen LogP contribution is 2.28. The quantitative estimate of drug-likeness (QED) is 0.576. The van der Waals surface area contributed by atoms with Gasteiger partial charge in [-0.15, -0.1) is 21.5 Å². The van der Waals surface area contributed by atoms with Crippen molar-refractivity contribution in [3.8, 4) is 11.4 Å². The van der Waals surface area contributed by atoms with E-state index in [1.54, 1.807) is 11.3 Å². The van der Waals surface area contributed by atoms with Gasteiger partial charge in [0.25, 0.3) is 0 Å². The van der Waals surface area contributed by atoms with Crippen LogP contribution in [0, 0.1) is 13.8 Å². The summed E-state index contributed by atoms with van der Waals surface area (Å²) in [7, 11) is 1.94. The van der Waals surface area contributed by atoms with Gasteiger partial charge in [-0.1, -0.05) is 43.3 Å². The highest BCUT2D eigenvalue weighted by molar-refractivity contribution is 7.99. The number of hydrogen-bond donors (Lipinski definition) is 1. The van der Waals surface area contributed by atoms with E-state index in [1.165, 1.54) is 16.6 Å². The number of carbonyl (C=O) groups excluding carboxylic acids is 1. The number of nitrogens with zero attached hydrogens (tertiary/aromatic N) is 3. The number of hydrogen-bond acceptors (Lipinski definition) is 5. The van der Waals surface area contributed by atoms with Crippen molar-refractivity contribution in [2.45, 2.75) is 38.8 Å². The molecule has 1 aromatic carbocycles. The maximum absolute atomic E-state index is 12.4. The van der Waals surface area contributed by atoms with Crippen molar-refractivity contribution in [3.63, 3.8) is 0 Å². The van der Waals surface area contributed by atoms with Crippen molar-refractivity contribution in [1.82, 2.24) is 14.8 Å². The van der Waals surface area contributed by atoms with Crippen LogP contribution >= 0.6 is 23.1 Å². The Morgan fingerprint density at radius 1 is 1.26 bits per heavy atom. The zero-order valence-electron chi connectivity index (χ0n) is 16.1. The van der Waals surface area contributed by atoms with Crippen molar-refractivity contribution in [2.24, 2.45) is 7.05 Å². The SMILES string of the molecule is CCCc1cc(-c2nnc(SCC(=O)Nc3c(C)cccc3C)n2C)cs1.